The quantitative estimate of drug-likeness (QED) is 0.724. The summed E-state index contributed by atoms with van der Waals surface area (Å²) in [5.41, 5.74) is 0. The van der Waals surface area contributed by atoms with Crippen LogP contribution in [0.3, 0.4) is 0 Å². The zero-order valence-electron chi connectivity index (χ0n) is 9.84. The molecule has 0 amide bonds. The summed E-state index contributed by atoms with van der Waals surface area (Å²) in [7, 11) is 0. The molecule has 5 atom stereocenters. The lowest BCUT2D eigenvalue weighted by atomic mass is 9.90. The van der Waals surface area contributed by atoms with E-state index in [0.717, 1.165) is 32.5 Å². The normalized spacial score (nSPS) is 49.5. The van der Waals surface area contributed by atoms with E-state index < -0.39 is 0 Å². The molecule has 0 aromatic rings. The molecular weight excluding hydrogens is 206 g/mol. The van der Waals surface area contributed by atoms with Crippen LogP contribution in [0.15, 0.2) is 0 Å². The predicted octanol–water partition coefficient (Wildman–Crippen LogP) is 0.941. The van der Waals surface area contributed by atoms with E-state index in [9.17, 15) is 5.11 Å². The number of fused-ring (bicyclic) bond motifs is 1. The average Bonchev–Trinajstić information content (AvgIpc) is 2.83. The number of hydrogen-bond donors (Lipinski definition) is 1. The van der Waals surface area contributed by atoms with Crippen LogP contribution >= 0.6 is 0 Å². The van der Waals surface area contributed by atoms with Gasteiger partial charge in [0.25, 0.3) is 0 Å². The van der Waals surface area contributed by atoms with Crippen molar-refractivity contribution in [2.24, 2.45) is 5.92 Å². The van der Waals surface area contributed by atoms with Gasteiger partial charge in [-0.2, -0.15) is 5.06 Å². The van der Waals surface area contributed by atoms with Gasteiger partial charge in [0.05, 0.1) is 37.5 Å². The lowest BCUT2D eigenvalue weighted by Crippen LogP contribution is -2.50. The van der Waals surface area contributed by atoms with Gasteiger partial charge in [0.15, 0.2) is 0 Å². The zero-order valence-corrected chi connectivity index (χ0v) is 9.84. The van der Waals surface area contributed by atoms with E-state index in [1.807, 2.05) is 0 Å². The van der Waals surface area contributed by atoms with Crippen LogP contribution in [0.25, 0.3) is 0 Å². The summed E-state index contributed by atoms with van der Waals surface area (Å²) < 4.78 is 5.67. The summed E-state index contributed by atoms with van der Waals surface area (Å²) >= 11 is 0. The number of aliphatic hydroxyl groups excluding tert-OH is 1. The van der Waals surface area contributed by atoms with Crippen molar-refractivity contribution in [2.75, 3.05) is 13.2 Å². The van der Waals surface area contributed by atoms with Crippen LogP contribution in [0.1, 0.15) is 32.6 Å². The second-order valence-electron chi connectivity index (χ2n) is 5.36. The van der Waals surface area contributed by atoms with E-state index in [4.69, 9.17) is 9.57 Å². The largest absolute Gasteiger partial charge is 0.391 e. The van der Waals surface area contributed by atoms with Gasteiger partial charge in [0.1, 0.15) is 0 Å². The van der Waals surface area contributed by atoms with Gasteiger partial charge in [-0.05, 0) is 19.8 Å². The molecule has 0 bridgehead atoms. The highest BCUT2D eigenvalue weighted by molar-refractivity contribution is 4.95. The molecule has 2 heterocycles. The lowest BCUT2D eigenvalue weighted by molar-refractivity contribution is -0.205. The summed E-state index contributed by atoms with van der Waals surface area (Å²) in [5.74, 6) is 0.504. The number of ether oxygens (including phenoxy) is 1. The number of hydrogen-bond acceptors (Lipinski definition) is 4. The van der Waals surface area contributed by atoms with Crippen molar-refractivity contribution in [3.63, 3.8) is 0 Å². The number of nitrogens with zero attached hydrogens (tertiary/aromatic N) is 1. The predicted molar refractivity (Wildman–Crippen MR) is 58.7 cm³/mol. The number of rotatable bonds is 1. The Hall–Kier alpha value is -0.160. The molecule has 4 heteroatoms. The molecule has 0 unspecified atom stereocenters. The fourth-order valence-corrected chi connectivity index (χ4v) is 3.39. The van der Waals surface area contributed by atoms with Crippen molar-refractivity contribution in [1.29, 1.82) is 0 Å². The molecular formula is C12H21NO3. The molecule has 0 spiro atoms. The molecule has 1 saturated carbocycles. The first-order chi connectivity index (χ1) is 7.77. The second-order valence-corrected chi connectivity index (χ2v) is 5.36. The highest BCUT2D eigenvalue weighted by atomic mass is 16.7. The van der Waals surface area contributed by atoms with Crippen LogP contribution in [0.2, 0.25) is 0 Å². The van der Waals surface area contributed by atoms with Crippen LogP contribution in [0.4, 0.5) is 0 Å². The molecule has 1 N–H and O–H groups in total. The topological polar surface area (TPSA) is 41.9 Å². The Morgan fingerprint density at radius 3 is 2.81 bits per heavy atom. The first-order valence-corrected chi connectivity index (χ1v) is 6.48. The van der Waals surface area contributed by atoms with E-state index in [0.29, 0.717) is 12.0 Å². The van der Waals surface area contributed by atoms with E-state index in [2.05, 4.69) is 12.0 Å². The average molecular weight is 227 g/mol. The van der Waals surface area contributed by atoms with Crippen molar-refractivity contribution in [1.82, 2.24) is 5.06 Å². The van der Waals surface area contributed by atoms with Gasteiger partial charge in [-0.3, -0.25) is 4.84 Å². The third kappa shape index (κ3) is 1.68. The van der Waals surface area contributed by atoms with E-state index in [1.54, 1.807) is 0 Å². The van der Waals surface area contributed by atoms with E-state index in [1.165, 1.54) is 6.42 Å². The SMILES string of the molecule is C[C@@H]1OC[C@H]2CON([C@@H]3CCCC[C@H]3O)[C@H]21. The molecule has 0 radical (unpaired) electrons. The Morgan fingerprint density at radius 1 is 1.19 bits per heavy atom. The second kappa shape index (κ2) is 4.26. The Morgan fingerprint density at radius 2 is 2.00 bits per heavy atom. The van der Waals surface area contributed by atoms with Crippen molar-refractivity contribution >= 4 is 0 Å². The highest BCUT2D eigenvalue weighted by Crippen LogP contribution is 2.36. The summed E-state index contributed by atoms with van der Waals surface area (Å²) in [6, 6.07) is 0.547. The van der Waals surface area contributed by atoms with Crippen molar-refractivity contribution in [3.8, 4) is 0 Å². The van der Waals surface area contributed by atoms with Crippen LogP contribution in [-0.2, 0) is 9.57 Å². The van der Waals surface area contributed by atoms with Crippen molar-refractivity contribution < 1.29 is 14.7 Å². The van der Waals surface area contributed by atoms with Crippen molar-refractivity contribution in [2.45, 2.75) is 56.9 Å². The molecule has 2 saturated heterocycles. The third-order valence-electron chi connectivity index (χ3n) is 4.29. The van der Waals surface area contributed by atoms with Gasteiger partial charge in [-0.25, -0.2) is 0 Å². The Kier molecular flexibility index (Phi) is 2.92. The van der Waals surface area contributed by atoms with Crippen LogP contribution in [0, 0.1) is 5.92 Å². The van der Waals surface area contributed by atoms with Crippen molar-refractivity contribution in [3.05, 3.63) is 0 Å². The third-order valence-corrected chi connectivity index (χ3v) is 4.29. The molecule has 92 valence electrons. The lowest BCUT2D eigenvalue weighted by Gasteiger charge is -2.37. The van der Waals surface area contributed by atoms with Crippen LogP contribution in [0.5, 0.6) is 0 Å². The maximum atomic E-state index is 10.1. The summed E-state index contributed by atoms with van der Waals surface area (Å²) in [4.78, 5) is 5.79. The van der Waals surface area contributed by atoms with Gasteiger partial charge < -0.3 is 9.84 Å². The van der Waals surface area contributed by atoms with E-state index >= 15 is 0 Å². The monoisotopic (exact) mass is 227 g/mol. The number of aliphatic hydroxyl groups is 1. The molecule has 16 heavy (non-hydrogen) atoms. The van der Waals surface area contributed by atoms with Gasteiger partial charge >= 0.3 is 0 Å². The molecule has 3 aliphatic rings. The highest BCUT2D eigenvalue weighted by Gasteiger charge is 2.48. The molecule has 0 aromatic heterocycles. The smallest absolute Gasteiger partial charge is 0.0752 e. The zero-order chi connectivity index (χ0) is 11.1. The van der Waals surface area contributed by atoms with Gasteiger partial charge in [-0.15, -0.1) is 0 Å². The number of hydroxylamine groups is 2. The molecule has 2 aliphatic heterocycles. The maximum absolute atomic E-state index is 10.1. The van der Waals surface area contributed by atoms with Crippen LogP contribution in [-0.4, -0.2) is 47.7 Å². The molecule has 3 rings (SSSR count). The minimum atomic E-state index is -0.222. The summed E-state index contributed by atoms with van der Waals surface area (Å²) in [5, 5.41) is 12.1. The van der Waals surface area contributed by atoms with Gasteiger partial charge in [0, 0.05) is 5.92 Å². The van der Waals surface area contributed by atoms with Gasteiger partial charge in [-0.1, -0.05) is 12.8 Å². The van der Waals surface area contributed by atoms with Crippen LogP contribution < -0.4 is 0 Å². The first-order valence-electron chi connectivity index (χ1n) is 6.48. The Bertz CT molecular complexity index is 261. The molecule has 3 fully saturated rings. The summed E-state index contributed by atoms with van der Waals surface area (Å²) in [6.07, 6.45) is 4.33. The Labute approximate surface area is 96.5 Å². The molecule has 0 aromatic carbocycles. The maximum Gasteiger partial charge on any atom is 0.0752 e. The minimum Gasteiger partial charge on any atom is -0.391 e. The Balaban J connectivity index is 1.74. The fraction of sp³-hybridized carbons (Fsp3) is 1.00. The molecule has 1 aliphatic carbocycles. The fourth-order valence-electron chi connectivity index (χ4n) is 3.39. The van der Waals surface area contributed by atoms with E-state index in [-0.39, 0.29) is 18.2 Å². The summed E-state index contributed by atoms with van der Waals surface area (Å²) in [6.45, 7) is 3.69. The molecule has 4 nitrogen and oxygen atoms in total. The first kappa shape index (κ1) is 11.0. The minimum absolute atomic E-state index is 0.188. The van der Waals surface area contributed by atoms with Gasteiger partial charge in [0.2, 0.25) is 0 Å². The standard InChI is InChI=1S/C12H21NO3/c1-8-12-9(6-15-8)7-16-13(12)10-4-2-3-5-11(10)14/h8-12,14H,2-7H2,1H3/t8-,9-,10+,11+,12-/m0/s1.